The maximum absolute atomic E-state index is 14.3. The highest BCUT2D eigenvalue weighted by Gasteiger charge is 2.35. The van der Waals surface area contributed by atoms with E-state index in [-0.39, 0.29) is 30.0 Å². The molecule has 1 fully saturated rings. The first-order chi connectivity index (χ1) is 16.0. The lowest BCUT2D eigenvalue weighted by atomic mass is 9.87. The Hall–Kier alpha value is -2.64. The highest BCUT2D eigenvalue weighted by molar-refractivity contribution is 5.95. The molecule has 0 spiro atoms. The second kappa shape index (κ2) is 10.3. The minimum atomic E-state index is -0.555. The van der Waals surface area contributed by atoms with Crippen LogP contribution in [0.1, 0.15) is 53.6 Å². The summed E-state index contributed by atoms with van der Waals surface area (Å²) < 4.78 is 33.8. The minimum Gasteiger partial charge on any atom is -0.489 e. The third kappa shape index (κ3) is 4.77. The van der Waals surface area contributed by atoms with Crippen LogP contribution in [0.4, 0.5) is 8.78 Å². The van der Waals surface area contributed by atoms with Gasteiger partial charge in [0.05, 0.1) is 0 Å². The van der Waals surface area contributed by atoms with Crippen molar-refractivity contribution in [2.24, 2.45) is 5.73 Å². The fourth-order valence-electron chi connectivity index (χ4n) is 5.22. The first-order valence-electron chi connectivity index (χ1n) is 11.8. The number of nitrogens with zero attached hydrogens (tertiary/aromatic N) is 1. The van der Waals surface area contributed by atoms with Crippen LogP contribution in [0, 0.1) is 11.6 Å². The number of hydrogen-bond acceptors (Lipinski definition) is 3. The lowest BCUT2D eigenvalue weighted by Gasteiger charge is -2.44. The van der Waals surface area contributed by atoms with Gasteiger partial charge in [0.25, 0.3) is 0 Å². The number of ether oxygens (including phenoxy) is 1. The van der Waals surface area contributed by atoms with Gasteiger partial charge in [-0.3, -0.25) is 9.69 Å². The fourth-order valence-corrected chi connectivity index (χ4v) is 5.22. The summed E-state index contributed by atoms with van der Waals surface area (Å²) in [5.41, 5.74) is 8.57. The van der Waals surface area contributed by atoms with E-state index in [1.165, 1.54) is 24.6 Å². The van der Waals surface area contributed by atoms with E-state index in [2.05, 4.69) is 9.88 Å². The highest BCUT2D eigenvalue weighted by atomic mass is 35.5. The first-order valence-corrected chi connectivity index (χ1v) is 11.8. The van der Waals surface area contributed by atoms with Crippen molar-refractivity contribution in [3.63, 3.8) is 0 Å². The van der Waals surface area contributed by atoms with E-state index >= 15 is 0 Å². The lowest BCUT2D eigenvalue weighted by Crippen LogP contribution is -2.51. The Morgan fingerprint density at radius 2 is 1.97 bits per heavy atom. The molecule has 1 atom stereocenters. The van der Waals surface area contributed by atoms with E-state index in [9.17, 15) is 13.6 Å². The van der Waals surface area contributed by atoms with E-state index in [4.69, 9.17) is 10.5 Å². The summed E-state index contributed by atoms with van der Waals surface area (Å²) in [6.45, 7) is 1.32. The van der Waals surface area contributed by atoms with E-state index < -0.39 is 11.7 Å². The number of benzene rings is 2. The van der Waals surface area contributed by atoms with Crippen LogP contribution < -0.4 is 10.5 Å². The molecule has 1 amide bonds. The molecule has 0 bridgehead atoms. The van der Waals surface area contributed by atoms with Gasteiger partial charge < -0.3 is 15.5 Å². The Morgan fingerprint density at radius 1 is 1.15 bits per heavy atom. The van der Waals surface area contributed by atoms with Crippen LogP contribution in [-0.2, 0) is 12.8 Å². The third-order valence-electron chi connectivity index (χ3n) is 7.19. The smallest absolute Gasteiger partial charge is 0.249 e. The number of nitrogens with one attached hydrogen (secondary N) is 1. The van der Waals surface area contributed by atoms with Crippen molar-refractivity contribution in [1.82, 2.24) is 9.88 Å². The number of nitrogens with two attached hydrogens (primary N) is 1. The number of rotatable bonds is 8. The fraction of sp³-hybridized carbons (Fsp3) is 0.423. The first kappa shape index (κ1) is 24.5. The summed E-state index contributed by atoms with van der Waals surface area (Å²) in [5.74, 6) is -1.05. The summed E-state index contributed by atoms with van der Waals surface area (Å²) in [4.78, 5) is 17.6. The molecular weight excluding hydrogens is 460 g/mol. The number of unbranched alkanes of at least 4 members (excludes halogenated alkanes) is 1. The molecule has 34 heavy (non-hydrogen) atoms. The molecule has 2 heterocycles. The van der Waals surface area contributed by atoms with Crippen molar-refractivity contribution in [2.75, 3.05) is 13.2 Å². The molecule has 3 N–H and O–H groups in total. The van der Waals surface area contributed by atoms with Gasteiger partial charge in [-0.05, 0) is 81.0 Å². The lowest BCUT2D eigenvalue weighted by molar-refractivity contribution is 0.0417. The minimum absolute atomic E-state index is 0. The maximum Gasteiger partial charge on any atom is 0.249 e. The molecule has 5 rings (SSSR count). The molecule has 1 unspecified atom stereocenters. The van der Waals surface area contributed by atoms with E-state index in [1.807, 2.05) is 6.20 Å². The number of primary amides is 1. The Bertz CT molecular complexity index is 1180. The van der Waals surface area contributed by atoms with Crippen molar-refractivity contribution in [2.45, 2.75) is 57.0 Å². The zero-order valence-corrected chi connectivity index (χ0v) is 19.8. The average Bonchev–Trinajstić information content (AvgIpc) is 3.16. The quantitative estimate of drug-likeness (QED) is 0.430. The van der Waals surface area contributed by atoms with Crippen molar-refractivity contribution in [3.05, 3.63) is 64.9 Å². The highest BCUT2D eigenvalue weighted by Crippen LogP contribution is 2.35. The molecule has 1 aliphatic heterocycles. The van der Waals surface area contributed by atoms with Gasteiger partial charge >= 0.3 is 0 Å². The number of fused-ring (bicyclic) bond motifs is 2. The number of carbonyl (C=O) groups is 1. The number of aromatic amines is 1. The van der Waals surface area contributed by atoms with E-state index in [1.54, 1.807) is 12.1 Å². The van der Waals surface area contributed by atoms with Crippen LogP contribution in [0.2, 0.25) is 0 Å². The van der Waals surface area contributed by atoms with Gasteiger partial charge in [-0.1, -0.05) is 6.42 Å². The number of halogens is 3. The second-order valence-corrected chi connectivity index (χ2v) is 9.22. The molecule has 0 saturated heterocycles. The molecule has 0 radical (unpaired) electrons. The number of aryl methyl sites for hydroxylation is 1. The molecule has 1 aliphatic carbocycles. The molecule has 1 aromatic heterocycles. The van der Waals surface area contributed by atoms with Crippen LogP contribution in [-0.4, -0.2) is 41.0 Å². The molecule has 182 valence electrons. The van der Waals surface area contributed by atoms with Gasteiger partial charge in [0.2, 0.25) is 5.91 Å². The maximum atomic E-state index is 14.3. The van der Waals surface area contributed by atoms with Gasteiger partial charge in [0.1, 0.15) is 12.4 Å². The van der Waals surface area contributed by atoms with E-state index in [0.29, 0.717) is 30.2 Å². The molecule has 2 aliphatic rings. The number of aromatic nitrogens is 1. The number of H-pyrrole nitrogens is 1. The van der Waals surface area contributed by atoms with Gasteiger partial charge in [-0.2, -0.15) is 0 Å². The third-order valence-corrected chi connectivity index (χ3v) is 7.19. The number of amides is 1. The zero-order chi connectivity index (χ0) is 22.9. The monoisotopic (exact) mass is 489 g/mol. The molecule has 2 aromatic carbocycles. The molecule has 5 nitrogen and oxygen atoms in total. The van der Waals surface area contributed by atoms with Crippen LogP contribution in [0.15, 0.2) is 36.5 Å². The van der Waals surface area contributed by atoms with Gasteiger partial charge in [-0.25, -0.2) is 8.78 Å². The topological polar surface area (TPSA) is 71.4 Å². The van der Waals surface area contributed by atoms with Crippen molar-refractivity contribution >= 4 is 29.2 Å². The summed E-state index contributed by atoms with van der Waals surface area (Å²) in [6, 6.07) is 8.13. The summed E-state index contributed by atoms with van der Waals surface area (Å²) >= 11 is 0. The van der Waals surface area contributed by atoms with Crippen LogP contribution in [0.25, 0.3) is 10.9 Å². The van der Waals surface area contributed by atoms with Gasteiger partial charge in [0.15, 0.2) is 11.6 Å². The van der Waals surface area contributed by atoms with Gasteiger partial charge in [-0.15, -0.1) is 12.4 Å². The molecule has 8 heteroatoms. The zero-order valence-electron chi connectivity index (χ0n) is 19.0. The summed E-state index contributed by atoms with van der Waals surface area (Å²) in [6.07, 6.45) is 8.90. The normalized spacial score (nSPS) is 17.7. The summed E-state index contributed by atoms with van der Waals surface area (Å²) in [7, 11) is 0. The van der Waals surface area contributed by atoms with E-state index in [0.717, 1.165) is 55.1 Å². The SMILES string of the molecule is Cl.NC(=O)c1ccc(F)c2c1CC(N(CCCCc1c[nH]c3ccc(F)cc13)C1CCC1)CO2. The van der Waals surface area contributed by atoms with Gasteiger partial charge in [0, 0.05) is 40.3 Å². The Balaban J connectivity index is 0.00000274. The molecule has 1 saturated carbocycles. The Kier molecular flexibility index (Phi) is 7.43. The van der Waals surface area contributed by atoms with Crippen LogP contribution in [0.5, 0.6) is 5.75 Å². The predicted molar refractivity (Wildman–Crippen MR) is 131 cm³/mol. The predicted octanol–water partition coefficient (Wildman–Crippen LogP) is 5.15. The van der Waals surface area contributed by atoms with Crippen LogP contribution in [0.3, 0.4) is 0 Å². The van der Waals surface area contributed by atoms with Crippen molar-refractivity contribution in [1.29, 1.82) is 0 Å². The standard InChI is InChI=1S/C26H29F2N3O2.ClH/c27-17-7-10-24-21(12-17)16(14-30-24)4-1-2-11-31(18-5-3-6-18)19-13-22-20(26(29)32)8-9-23(28)25(22)33-15-19;/h7-10,12,14,18-19,30H,1-6,11,13,15H2,(H2,29,32);1H. The van der Waals surface area contributed by atoms with Crippen LogP contribution >= 0.6 is 12.4 Å². The molecule has 3 aromatic rings. The van der Waals surface area contributed by atoms with Crippen molar-refractivity contribution < 1.29 is 18.3 Å². The second-order valence-electron chi connectivity index (χ2n) is 9.22. The Labute approximate surface area is 204 Å². The largest absolute Gasteiger partial charge is 0.489 e. The van der Waals surface area contributed by atoms with Crippen molar-refractivity contribution in [3.8, 4) is 5.75 Å². The number of hydrogen-bond donors (Lipinski definition) is 2. The summed E-state index contributed by atoms with van der Waals surface area (Å²) in [5, 5.41) is 0.948. The number of carbonyl (C=O) groups excluding carboxylic acids is 1. The Morgan fingerprint density at radius 3 is 2.71 bits per heavy atom. The molecular formula is C26H30ClF2N3O2. The average molecular weight is 490 g/mol.